The van der Waals surface area contributed by atoms with Gasteiger partial charge in [0.2, 0.25) is 0 Å². The van der Waals surface area contributed by atoms with Crippen molar-refractivity contribution >= 4 is 33.3 Å². The number of carbonyl (C=O) groups excluding carboxylic acids is 1. The molecule has 0 unspecified atom stereocenters. The number of anilines is 1. The van der Waals surface area contributed by atoms with E-state index in [-0.39, 0.29) is 5.78 Å². The second kappa shape index (κ2) is 6.39. The number of rotatable bonds is 4. The standard InChI is InChI=1S/C23H18N4O/c24-19-4-6-20(7-5-19)27-22-8-1-15(11-18(22)14-26-27)12-23(28)17-3-2-16-9-10-25-21(16)13-17/h1-11,13-14,25H,12,24H2. The van der Waals surface area contributed by atoms with E-state index >= 15 is 0 Å². The molecular formula is C23H18N4O. The minimum atomic E-state index is 0.0989. The molecule has 5 aromatic rings. The molecule has 0 fully saturated rings. The Labute approximate surface area is 161 Å². The SMILES string of the molecule is Nc1ccc(-n2ncc3cc(CC(=O)c4ccc5cc[nH]c5c4)ccc32)cc1. The summed E-state index contributed by atoms with van der Waals surface area (Å²) in [6, 6.07) is 21.4. The van der Waals surface area contributed by atoms with Gasteiger partial charge in [0.25, 0.3) is 0 Å². The summed E-state index contributed by atoms with van der Waals surface area (Å²) in [6.07, 6.45) is 4.06. The van der Waals surface area contributed by atoms with E-state index in [0.717, 1.165) is 38.7 Å². The van der Waals surface area contributed by atoms with Gasteiger partial charge in [0.15, 0.2) is 5.78 Å². The highest BCUT2D eigenvalue weighted by molar-refractivity contribution is 6.00. The van der Waals surface area contributed by atoms with Crippen molar-refractivity contribution in [2.24, 2.45) is 0 Å². The van der Waals surface area contributed by atoms with Gasteiger partial charge >= 0.3 is 0 Å². The number of H-pyrrole nitrogens is 1. The van der Waals surface area contributed by atoms with Crippen molar-refractivity contribution in [1.29, 1.82) is 0 Å². The highest BCUT2D eigenvalue weighted by Crippen LogP contribution is 2.22. The molecule has 3 N–H and O–H groups in total. The molecule has 2 heterocycles. The second-order valence-electron chi connectivity index (χ2n) is 6.92. The summed E-state index contributed by atoms with van der Waals surface area (Å²) in [7, 11) is 0. The van der Waals surface area contributed by atoms with Gasteiger partial charge in [0.1, 0.15) is 0 Å². The number of Topliss-reactive ketones (excluding diaryl/α,β-unsaturated/α-hetero) is 1. The third-order valence-electron chi connectivity index (χ3n) is 5.01. The molecule has 136 valence electrons. The average Bonchev–Trinajstić information content (AvgIpc) is 3.34. The third kappa shape index (κ3) is 2.83. The molecular weight excluding hydrogens is 348 g/mol. The van der Waals surface area contributed by atoms with Crippen LogP contribution in [0, 0.1) is 0 Å². The van der Waals surface area contributed by atoms with E-state index in [0.29, 0.717) is 12.0 Å². The number of aromatic nitrogens is 3. The highest BCUT2D eigenvalue weighted by Gasteiger charge is 2.11. The molecule has 2 aromatic heterocycles. The van der Waals surface area contributed by atoms with Gasteiger partial charge in [-0.3, -0.25) is 4.79 Å². The van der Waals surface area contributed by atoms with Crippen LogP contribution in [0.4, 0.5) is 5.69 Å². The Hall–Kier alpha value is -3.86. The molecule has 0 atom stereocenters. The summed E-state index contributed by atoms with van der Waals surface area (Å²) in [4.78, 5) is 15.9. The lowest BCUT2D eigenvalue weighted by Gasteiger charge is -2.06. The van der Waals surface area contributed by atoms with E-state index in [1.807, 2.05) is 83.8 Å². The molecule has 0 spiro atoms. The summed E-state index contributed by atoms with van der Waals surface area (Å²) in [6.45, 7) is 0. The van der Waals surface area contributed by atoms with Crippen LogP contribution in [-0.2, 0) is 6.42 Å². The van der Waals surface area contributed by atoms with Crippen molar-refractivity contribution in [2.75, 3.05) is 5.73 Å². The van der Waals surface area contributed by atoms with Crippen LogP contribution in [0.3, 0.4) is 0 Å². The first-order chi connectivity index (χ1) is 13.7. The number of nitrogen functional groups attached to an aromatic ring is 1. The number of fused-ring (bicyclic) bond motifs is 2. The molecule has 0 bridgehead atoms. The van der Waals surface area contributed by atoms with Crippen molar-refractivity contribution < 1.29 is 4.79 Å². The van der Waals surface area contributed by atoms with Gasteiger partial charge in [-0.25, -0.2) is 4.68 Å². The van der Waals surface area contributed by atoms with Crippen molar-refractivity contribution in [1.82, 2.24) is 14.8 Å². The zero-order valence-electron chi connectivity index (χ0n) is 15.1. The number of nitrogens with two attached hydrogens (primary N) is 1. The number of aromatic amines is 1. The van der Waals surface area contributed by atoms with Gasteiger partial charge in [-0.1, -0.05) is 18.2 Å². The quantitative estimate of drug-likeness (QED) is 0.363. The Morgan fingerprint density at radius 3 is 2.68 bits per heavy atom. The third-order valence-corrected chi connectivity index (χ3v) is 5.01. The molecule has 0 saturated heterocycles. The fourth-order valence-corrected chi connectivity index (χ4v) is 3.52. The number of hydrogen-bond acceptors (Lipinski definition) is 3. The van der Waals surface area contributed by atoms with Gasteiger partial charge in [0.05, 0.1) is 17.4 Å². The first-order valence-electron chi connectivity index (χ1n) is 9.10. The zero-order valence-corrected chi connectivity index (χ0v) is 15.1. The number of nitrogens with one attached hydrogen (secondary N) is 1. The molecule has 0 aliphatic heterocycles. The molecule has 0 aliphatic carbocycles. The van der Waals surface area contributed by atoms with Crippen LogP contribution in [0.2, 0.25) is 0 Å². The van der Waals surface area contributed by atoms with Gasteiger partial charge in [-0.2, -0.15) is 5.10 Å². The van der Waals surface area contributed by atoms with E-state index < -0.39 is 0 Å². The minimum Gasteiger partial charge on any atom is -0.399 e. The lowest BCUT2D eigenvalue weighted by atomic mass is 10.0. The van der Waals surface area contributed by atoms with E-state index in [4.69, 9.17) is 5.73 Å². The molecule has 5 nitrogen and oxygen atoms in total. The normalized spacial score (nSPS) is 11.3. The highest BCUT2D eigenvalue weighted by atomic mass is 16.1. The Kier molecular flexibility index (Phi) is 3.72. The lowest BCUT2D eigenvalue weighted by Crippen LogP contribution is -2.03. The fraction of sp³-hybridized carbons (Fsp3) is 0.0435. The number of carbonyl (C=O) groups is 1. The van der Waals surface area contributed by atoms with Crippen molar-refractivity contribution in [3.63, 3.8) is 0 Å². The molecule has 5 heteroatoms. The molecule has 0 radical (unpaired) electrons. The van der Waals surface area contributed by atoms with Crippen molar-refractivity contribution in [3.8, 4) is 5.69 Å². The summed E-state index contributed by atoms with van der Waals surface area (Å²) in [5.41, 5.74) is 11.1. The number of hydrogen-bond donors (Lipinski definition) is 2. The van der Waals surface area contributed by atoms with Gasteiger partial charge in [-0.15, -0.1) is 0 Å². The topological polar surface area (TPSA) is 76.7 Å². The Balaban J connectivity index is 1.43. The fourth-order valence-electron chi connectivity index (χ4n) is 3.52. The van der Waals surface area contributed by atoms with Gasteiger partial charge in [-0.05, 0) is 59.5 Å². The van der Waals surface area contributed by atoms with E-state index in [2.05, 4.69) is 10.1 Å². The van der Waals surface area contributed by atoms with Gasteiger partial charge in [0, 0.05) is 34.8 Å². The Morgan fingerprint density at radius 2 is 1.82 bits per heavy atom. The smallest absolute Gasteiger partial charge is 0.167 e. The summed E-state index contributed by atoms with van der Waals surface area (Å²) in [5, 5.41) is 6.60. The maximum atomic E-state index is 12.7. The number of benzene rings is 3. The first-order valence-corrected chi connectivity index (χ1v) is 9.10. The van der Waals surface area contributed by atoms with Crippen molar-refractivity contribution in [2.45, 2.75) is 6.42 Å². The molecule has 28 heavy (non-hydrogen) atoms. The lowest BCUT2D eigenvalue weighted by molar-refractivity contribution is 0.0993. The molecule has 0 aliphatic rings. The van der Waals surface area contributed by atoms with Crippen molar-refractivity contribution in [3.05, 3.63) is 90.3 Å². The van der Waals surface area contributed by atoms with Crippen LogP contribution < -0.4 is 5.73 Å². The molecule has 0 saturated carbocycles. The maximum absolute atomic E-state index is 12.7. The molecule has 0 amide bonds. The average molecular weight is 366 g/mol. The van der Waals surface area contributed by atoms with Crippen LogP contribution >= 0.6 is 0 Å². The minimum absolute atomic E-state index is 0.0989. The number of nitrogens with zero attached hydrogens (tertiary/aromatic N) is 2. The van der Waals surface area contributed by atoms with E-state index in [1.54, 1.807) is 0 Å². The monoisotopic (exact) mass is 366 g/mol. The second-order valence-corrected chi connectivity index (χ2v) is 6.92. The zero-order chi connectivity index (χ0) is 19.1. The predicted octanol–water partition coefficient (Wildman–Crippen LogP) is 4.51. The largest absolute Gasteiger partial charge is 0.399 e. The summed E-state index contributed by atoms with van der Waals surface area (Å²) in [5.74, 6) is 0.0989. The first kappa shape index (κ1) is 16.3. The molecule has 3 aromatic carbocycles. The van der Waals surface area contributed by atoms with Crippen LogP contribution in [-0.4, -0.2) is 20.5 Å². The van der Waals surface area contributed by atoms with E-state index in [9.17, 15) is 4.79 Å². The van der Waals surface area contributed by atoms with E-state index in [1.165, 1.54) is 0 Å². The van der Waals surface area contributed by atoms with Gasteiger partial charge < -0.3 is 10.7 Å². The predicted molar refractivity (Wildman–Crippen MR) is 112 cm³/mol. The van der Waals surface area contributed by atoms with Crippen LogP contribution in [0.15, 0.2) is 79.1 Å². The summed E-state index contributed by atoms with van der Waals surface area (Å²) >= 11 is 0. The molecule has 5 rings (SSSR count). The van der Waals surface area contributed by atoms with Crippen LogP contribution in [0.25, 0.3) is 27.5 Å². The summed E-state index contributed by atoms with van der Waals surface area (Å²) < 4.78 is 1.87. The number of ketones is 1. The Morgan fingerprint density at radius 1 is 0.964 bits per heavy atom. The van der Waals surface area contributed by atoms with Crippen LogP contribution in [0.5, 0.6) is 0 Å². The maximum Gasteiger partial charge on any atom is 0.167 e. The van der Waals surface area contributed by atoms with Crippen LogP contribution in [0.1, 0.15) is 15.9 Å². The Bertz CT molecular complexity index is 1310.